The molecule has 0 amide bonds. The van der Waals surface area contributed by atoms with Crippen molar-refractivity contribution in [3.8, 4) is 0 Å². The maximum absolute atomic E-state index is 10.5. The van der Waals surface area contributed by atoms with Gasteiger partial charge in [0.15, 0.2) is 0 Å². The standard InChI is InChI=1S/C13H18N2O2/c1-13(2)8-11(13)12(14)7-9-3-5-10(6-4-9)15(16)17/h3-6,11-12H,7-8,14H2,1-2H3. The Morgan fingerprint density at radius 2 is 2.00 bits per heavy atom. The summed E-state index contributed by atoms with van der Waals surface area (Å²) in [6, 6.07) is 6.84. The van der Waals surface area contributed by atoms with E-state index in [1.807, 2.05) is 0 Å². The predicted octanol–water partition coefficient (Wildman–Crippen LogP) is 2.51. The Labute approximate surface area is 101 Å². The molecule has 2 atom stereocenters. The van der Waals surface area contributed by atoms with E-state index in [4.69, 9.17) is 5.73 Å². The normalized spacial score (nSPS) is 23.1. The molecule has 1 aromatic rings. The van der Waals surface area contributed by atoms with Gasteiger partial charge in [-0.3, -0.25) is 10.1 Å². The summed E-state index contributed by atoms with van der Waals surface area (Å²) in [4.78, 5) is 10.1. The maximum Gasteiger partial charge on any atom is 0.269 e. The van der Waals surface area contributed by atoms with Crippen LogP contribution in [0.25, 0.3) is 0 Å². The Morgan fingerprint density at radius 1 is 1.47 bits per heavy atom. The van der Waals surface area contributed by atoms with Crippen LogP contribution in [-0.2, 0) is 6.42 Å². The van der Waals surface area contributed by atoms with E-state index in [1.54, 1.807) is 24.3 Å². The lowest BCUT2D eigenvalue weighted by molar-refractivity contribution is -0.384. The average Bonchev–Trinajstić information content (AvgIpc) is 2.89. The second-order valence-corrected chi connectivity index (χ2v) is 5.59. The number of hydrogen-bond acceptors (Lipinski definition) is 3. The van der Waals surface area contributed by atoms with Crippen LogP contribution in [0.5, 0.6) is 0 Å². The van der Waals surface area contributed by atoms with Gasteiger partial charge in [0.2, 0.25) is 0 Å². The summed E-state index contributed by atoms with van der Waals surface area (Å²) in [5, 5.41) is 10.5. The number of non-ortho nitro benzene ring substituents is 1. The number of benzene rings is 1. The predicted molar refractivity (Wildman–Crippen MR) is 66.7 cm³/mol. The highest BCUT2D eigenvalue weighted by Gasteiger charge is 2.48. The van der Waals surface area contributed by atoms with Gasteiger partial charge in [0.1, 0.15) is 0 Å². The van der Waals surface area contributed by atoms with Gasteiger partial charge in [0, 0.05) is 18.2 Å². The van der Waals surface area contributed by atoms with Crippen LogP contribution in [0.2, 0.25) is 0 Å². The molecule has 92 valence electrons. The summed E-state index contributed by atoms with van der Waals surface area (Å²) < 4.78 is 0. The molecule has 0 saturated heterocycles. The van der Waals surface area contributed by atoms with E-state index < -0.39 is 0 Å². The highest BCUT2D eigenvalue weighted by Crippen LogP contribution is 2.53. The lowest BCUT2D eigenvalue weighted by Crippen LogP contribution is -2.27. The van der Waals surface area contributed by atoms with Crippen molar-refractivity contribution in [1.82, 2.24) is 0 Å². The fourth-order valence-corrected chi connectivity index (χ4v) is 2.41. The molecule has 2 N–H and O–H groups in total. The van der Waals surface area contributed by atoms with E-state index in [2.05, 4.69) is 13.8 Å². The van der Waals surface area contributed by atoms with E-state index in [0.717, 1.165) is 12.0 Å². The minimum Gasteiger partial charge on any atom is -0.327 e. The average molecular weight is 234 g/mol. The minimum absolute atomic E-state index is 0.133. The van der Waals surface area contributed by atoms with Crippen molar-refractivity contribution >= 4 is 5.69 Å². The van der Waals surface area contributed by atoms with Crippen molar-refractivity contribution in [2.75, 3.05) is 0 Å². The first kappa shape index (κ1) is 12.0. The number of hydrogen-bond donors (Lipinski definition) is 1. The van der Waals surface area contributed by atoms with Crippen molar-refractivity contribution in [1.29, 1.82) is 0 Å². The third-order valence-corrected chi connectivity index (χ3v) is 3.73. The van der Waals surface area contributed by atoms with Gasteiger partial charge in [-0.15, -0.1) is 0 Å². The molecule has 0 bridgehead atoms. The van der Waals surface area contributed by atoms with Gasteiger partial charge in [-0.2, -0.15) is 0 Å². The molecule has 1 aliphatic carbocycles. The highest BCUT2D eigenvalue weighted by atomic mass is 16.6. The van der Waals surface area contributed by atoms with Crippen LogP contribution < -0.4 is 5.73 Å². The van der Waals surface area contributed by atoms with Crippen LogP contribution in [0.1, 0.15) is 25.8 Å². The van der Waals surface area contributed by atoms with Crippen molar-refractivity contribution in [2.45, 2.75) is 32.7 Å². The third kappa shape index (κ3) is 2.64. The molecule has 4 heteroatoms. The molecule has 1 saturated carbocycles. The van der Waals surface area contributed by atoms with Crippen molar-refractivity contribution in [3.05, 3.63) is 39.9 Å². The second kappa shape index (κ2) is 4.11. The Balaban J connectivity index is 1.97. The van der Waals surface area contributed by atoms with Crippen LogP contribution in [0.15, 0.2) is 24.3 Å². The molecule has 4 nitrogen and oxygen atoms in total. The van der Waals surface area contributed by atoms with Gasteiger partial charge in [-0.25, -0.2) is 0 Å². The summed E-state index contributed by atoms with van der Waals surface area (Å²) in [5.41, 5.74) is 7.73. The number of nitro groups is 1. The first-order valence-corrected chi connectivity index (χ1v) is 5.89. The van der Waals surface area contributed by atoms with Crippen molar-refractivity contribution < 1.29 is 4.92 Å². The molecule has 0 aromatic heterocycles. The molecule has 0 radical (unpaired) electrons. The molecule has 1 aromatic carbocycles. The smallest absolute Gasteiger partial charge is 0.269 e. The zero-order chi connectivity index (χ0) is 12.6. The largest absolute Gasteiger partial charge is 0.327 e. The molecular formula is C13H18N2O2. The van der Waals surface area contributed by atoms with Crippen molar-refractivity contribution in [2.24, 2.45) is 17.1 Å². The molecule has 0 aliphatic heterocycles. The summed E-state index contributed by atoms with van der Waals surface area (Å²) >= 11 is 0. The van der Waals surface area contributed by atoms with Gasteiger partial charge >= 0.3 is 0 Å². The minimum atomic E-state index is -0.381. The SMILES string of the molecule is CC1(C)CC1C(N)Cc1ccc([N+](=O)[O-])cc1. The van der Waals surface area contributed by atoms with E-state index in [-0.39, 0.29) is 16.7 Å². The molecular weight excluding hydrogens is 216 g/mol. The van der Waals surface area contributed by atoms with Crippen LogP contribution >= 0.6 is 0 Å². The Bertz CT molecular complexity index is 426. The number of nitro benzene ring substituents is 1. The van der Waals surface area contributed by atoms with E-state index in [0.29, 0.717) is 11.3 Å². The summed E-state index contributed by atoms with van der Waals surface area (Å²) in [7, 11) is 0. The molecule has 0 heterocycles. The summed E-state index contributed by atoms with van der Waals surface area (Å²) in [6.07, 6.45) is 1.98. The van der Waals surface area contributed by atoms with Crippen LogP contribution in [0.4, 0.5) is 5.69 Å². The lowest BCUT2D eigenvalue weighted by atomic mass is 9.98. The maximum atomic E-state index is 10.5. The molecule has 2 unspecified atom stereocenters. The fraction of sp³-hybridized carbons (Fsp3) is 0.538. The van der Waals surface area contributed by atoms with E-state index >= 15 is 0 Å². The zero-order valence-electron chi connectivity index (χ0n) is 10.2. The number of nitrogens with two attached hydrogens (primary N) is 1. The van der Waals surface area contributed by atoms with Gasteiger partial charge in [-0.05, 0) is 29.7 Å². The number of rotatable bonds is 4. The molecule has 0 spiro atoms. The van der Waals surface area contributed by atoms with Crippen LogP contribution in [0.3, 0.4) is 0 Å². The Morgan fingerprint density at radius 3 is 2.41 bits per heavy atom. The van der Waals surface area contributed by atoms with Gasteiger partial charge in [-0.1, -0.05) is 26.0 Å². The quantitative estimate of drug-likeness (QED) is 0.642. The van der Waals surface area contributed by atoms with Crippen LogP contribution in [0, 0.1) is 21.4 Å². The highest BCUT2D eigenvalue weighted by molar-refractivity contribution is 5.33. The van der Waals surface area contributed by atoms with E-state index in [9.17, 15) is 10.1 Å². The van der Waals surface area contributed by atoms with Crippen LogP contribution in [-0.4, -0.2) is 11.0 Å². The lowest BCUT2D eigenvalue weighted by Gasteiger charge is -2.13. The Kier molecular flexibility index (Phi) is 2.91. The Hall–Kier alpha value is -1.42. The van der Waals surface area contributed by atoms with Gasteiger partial charge in [0.05, 0.1) is 4.92 Å². The van der Waals surface area contributed by atoms with Gasteiger partial charge < -0.3 is 5.73 Å². The monoisotopic (exact) mass is 234 g/mol. The first-order chi connectivity index (χ1) is 7.90. The summed E-state index contributed by atoms with van der Waals surface area (Å²) in [5.74, 6) is 0.581. The fourth-order valence-electron chi connectivity index (χ4n) is 2.41. The van der Waals surface area contributed by atoms with Gasteiger partial charge in [0.25, 0.3) is 5.69 Å². The molecule has 1 fully saturated rings. The van der Waals surface area contributed by atoms with Crippen molar-refractivity contribution in [3.63, 3.8) is 0 Å². The zero-order valence-corrected chi connectivity index (χ0v) is 10.2. The third-order valence-electron chi connectivity index (χ3n) is 3.73. The topological polar surface area (TPSA) is 69.2 Å². The molecule has 17 heavy (non-hydrogen) atoms. The second-order valence-electron chi connectivity index (χ2n) is 5.59. The molecule has 2 rings (SSSR count). The first-order valence-electron chi connectivity index (χ1n) is 5.89. The van der Waals surface area contributed by atoms with E-state index in [1.165, 1.54) is 6.42 Å². The summed E-state index contributed by atoms with van der Waals surface area (Å²) in [6.45, 7) is 4.46. The number of nitrogens with zero attached hydrogens (tertiary/aromatic N) is 1. The molecule has 1 aliphatic rings.